The Balaban J connectivity index is 1.93. The first-order valence-electron chi connectivity index (χ1n) is 7.13. The van der Waals surface area contributed by atoms with Crippen molar-refractivity contribution in [1.29, 1.82) is 0 Å². The molecule has 6 nitrogen and oxygen atoms in total. The Morgan fingerprint density at radius 1 is 1.04 bits per heavy atom. The summed E-state index contributed by atoms with van der Waals surface area (Å²) in [4.78, 5) is 16.9. The minimum absolute atomic E-state index is 0.258. The van der Waals surface area contributed by atoms with E-state index >= 15 is 0 Å². The maximum atomic E-state index is 12.4. The standard InChI is InChI=1S/C17H16N2O4S/c1-21-11-6-4-5-10(9-11)16(20)19-17-18-14-12(22-2)7-8-13(23-3)15(14)24-17/h4-9H,1-3H3,(H,18,19,20). The number of carbonyl (C=O) groups is 1. The second kappa shape index (κ2) is 6.76. The van der Waals surface area contributed by atoms with Gasteiger partial charge in [-0.25, -0.2) is 4.98 Å². The van der Waals surface area contributed by atoms with Crippen molar-refractivity contribution < 1.29 is 19.0 Å². The number of fused-ring (bicyclic) bond motifs is 1. The van der Waals surface area contributed by atoms with Gasteiger partial charge < -0.3 is 14.2 Å². The highest BCUT2D eigenvalue weighted by Gasteiger charge is 2.16. The number of nitrogens with zero attached hydrogens (tertiary/aromatic N) is 1. The SMILES string of the molecule is COc1cccc(C(=O)Nc2nc3c(OC)ccc(OC)c3s2)c1. The highest BCUT2D eigenvalue weighted by atomic mass is 32.1. The van der Waals surface area contributed by atoms with Crippen molar-refractivity contribution in [3.63, 3.8) is 0 Å². The van der Waals surface area contributed by atoms with Crippen LogP contribution in [0, 0.1) is 0 Å². The molecule has 1 amide bonds. The number of ether oxygens (including phenoxy) is 3. The van der Waals surface area contributed by atoms with E-state index in [1.165, 1.54) is 11.3 Å². The van der Waals surface area contributed by atoms with Crippen LogP contribution in [0.25, 0.3) is 10.2 Å². The fourth-order valence-electron chi connectivity index (χ4n) is 2.27. The molecule has 3 rings (SSSR count). The van der Waals surface area contributed by atoms with E-state index in [9.17, 15) is 4.79 Å². The van der Waals surface area contributed by atoms with Crippen LogP contribution in [0.5, 0.6) is 17.2 Å². The van der Waals surface area contributed by atoms with Crippen LogP contribution in [-0.2, 0) is 0 Å². The van der Waals surface area contributed by atoms with Crippen molar-refractivity contribution in [3.8, 4) is 17.2 Å². The van der Waals surface area contributed by atoms with Gasteiger partial charge in [0.15, 0.2) is 5.13 Å². The largest absolute Gasteiger partial charge is 0.497 e. The molecule has 7 heteroatoms. The van der Waals surface area contributed by atoms with Gasteiger partial charge in [0.2, 0.25) is 0 Å². The average molecular weight is 344 g/mol. The quantitative estimate of drug-likeness (QED) is 0.766. The molecule has 0 unspecified atom stereocenters. The lowest BCUT2D eigenvalue weighted by molar-refractivity contribution is 0.102. The third-order valence-corrected chi connectivity index (χ3v) is 4.45. The molecule has 1 N–H and O–H groups in total. The van der Waals surface area contributed by atoms with Gasteiger partial charge in [-0.05, 0) is 30.3 Å². The Bertz CT molecular complexity index is 850. The molecule has 0 saturated carbocycles. The molecule has 0 fully saturated rings. The third-order valence-electron chi connectivity index (χ3n) is 3.46. The van der Waals surface area contributed by atoms with E-state index < -0.39 is 0 Å². The monoisotopic (exact) mass is 344 g/mol. The minimum atomic E-state index is -0.258. The van der Waals surface area contributed by atoms with E-state index in [1.54, 1.807) is 51.7 Å². The molecule has 0 saturated heterocycles. The molecule has 3 aromatic rings. The lowest BCUT2D eigenvalue weighted by atomic mass is 10.2. The number of nitrogens with one attached hydrogen (secondary N) is 1. The van der Waals surface area contributed by atoms with Crippen molar-refractivity contribution in [2.75, 3.05) is 26.6 Å². The highest BCUT2D eigenvalue weighted by molar-refractivity contribution is 7.22. The smallest absolute Gasteiger partial charge is 0.257 e. The number of benzene rings is 2. The van der Waals surface area contributed by atoms with Gasteiger partial charge in [0.05, 0.1) is 21.3 Å². The van der Waals surface area contributed by atoms with E-state index in [0.29, 0.717) is 33.5 Å². The molecule has 1 aromatic heterocycles. The van der Waals surface area contributed by atoms with Crippen molar-refractivity contribution >= 4 is 32.6 Å². The predicted octanol–water partition coefficient (Wildman–Crippen LogP) is 3.57. The topological polar surface area (TPSA) is 69.7 Å². The van der Waals surface area contributed by atoms with Crippen molar-refractivity contribution in [3.05, 3.63) is 42.0 Å². The molecular formula is C17H16N2O4S. The Labute approximate surface area is 143 Å². The van der Waals surface area contributed by atoms with E-state index in [1.807, 2.05) is 6.07 Å². The first kappa shape index (κ1) is 16.1. The average Bonchev–Trinajstić information content (AvgIpc) is 3.04. The summed E-state index contributed by atoms with van der Waals surface area (Å²) in [6, 6.07) is 10.5. The van der Waals surface area contributed by atoms with E-state index in [-0.39, 0.29) is 5.91 Å². The summed E-state index contributed by atoms with van der Waals surface area (Å²) in [6.45, 7) is 0. The second-order valence-electron chi connectivity index (χ2n) is 4.85. The number of anilines is 1. The van der Waals surface area contributed by atoms with Crippen molar-refractivity contribution in [2.24, 2.45) is 0 Å². The van der Waals surface area contributed by atoms with Crippen LogP contribution in [0.4, 0.5) is 5.13 Å². The van der Waals surface area contributed by atoms with Gasteiger partial charge in [0.1, 0.15) is 27.5 Å². The molecule has 2 aromatic carbocycles. The van der Waals surface area contributed by atoms with Gasteiger partial charge in [-0.15, -0.1) is 0 Å². The maximum absolute atomic E-state index is 12.4. The Morgan fingerprint density at radius 2 is 1.79 bits per heavy atom. The van der Waals surface area contributed by atoms with E-state index in [4.69, 9.17) is 14.2 Å². The van der Waals surface area contributed by atoms with Crippen molar-refractivity contribution in [2.45, 2.75) is 0 Å². The summed E-state index contributed by atoms with van der Waals surface area (Å²) in [7, 11) is 4.73. The fourth-order valence-corrected chi connectivity index (χ4v) is 3.24. The zero-order valence-corrected chi connectivity index (χ0v) is 14.3. The zero-order chi connectivity index (χ0) is 17.1. The first-order chi connectivity index (χ1) is 11.7. The molecule has 124 valence electrons. The zero-order valence-electron chi connectivity index (χ0n) is 13.5. The molecule has 0 aliphatic carbocycles. The Hall–Kier alpha value is -2.80. The van der Waals surface area contributed by atoms with Crippen LogP contribution in [0.1, 0.15) is 10.4 Å². The minimum Gasteiger partial charge on any atom is -0.497 e. The predicted molar refractivity (Wildman–Crippen MR) is 93.7 cm³/mol. The number of aromatic nitrogens is 1. The highest BCUT2D eigenvalue weighted by Crippen LogP contribution is 2.38. The summed E-state index contributed by atoms with van der Waals surface area (Å²) < 4.78 is 16.6. The second-order valence-corrected chi connectivity index (χ2v) is 5.85. The van der Waals surface area contributed by atoms with Gasteiger partial charge in [-0.2, -0.15) is 0 Å². The van der Waals surface area contributed by atoms with E-state index in [2.05, 4.69) is 10.3 Å². The third kappa shape index (κ3) is 2.98. The van der Waals surface area contributed by atoms with Gasteiger partial charge >= 0.3 is 0 Å². The normalized spacial score (nSPS) is 10.5. The lowest BCUT2D eigenvalue weighted by Gasteiger charge is -2.04. The summed E-state index contributed by atoms with van der Waals surface area (Å²) in [5, 5.41) is 3.28. The number of carbonyl (C=O) groups excluding carboxylic acids is 1. The first-order valence-corrected chi connectivity index (χ1v) is 7.95. The molecule has 1 heterocycles. The summed E-state index contributed by atoms with van der Waals surface area (Å²) in [6.07, 6.45) is 0. The van der Waals surface area contributed by atoms with Crippen LogP contribution in [0.15, 0.2) is 36.4 Å². The Kier molecular flexibility index (Phi) is 4.52. The van der Waals surface area contributed by atoms with Gasteiger partial charge in [0, 0.05) is 5.56 Å². The summed E-state index contributed by atoms with van der Waals surface area (Å²) >= 11 is 1.33. The van der Waals surface area contributed by atoms with Gasteiger partial charge in [0.25, 0.3) is 5.91 Å². The fraction of sp³-hybridized carbons (Fsp3) is 0.176. The molecule has 0 radical (unpaired) electrons. The van der Waals surface area contributed by atoms with E-state index in [0.717, 1.165) is 4.70 Å². The molecule has 0 aliphatic heterocycles. The molecule has 0 bridgehead atoms. The number of thiazole rings is 1. The van der Waals surface area contributed by atoms with Gasteiger partial charge in [-0.3, -0.25) is 10.1 Å². The number of amides is 1. The molecular weight excluding hydrogens is 328 g/mol. The molecule has 24 heavy (non-hydrogen) atoms. The molecule has 0 spiro atoms. The number of rotatable bonds is 5. The number of hydrogen-bond acceptors (Lipinski definition) is 6. The lowest BCUT2D eigenvalue weighted by Crippen LogP contribution is -2.11. The Morgan fingerprint density at radius 3 is 2.50 bits per heavy atom. The van der Waals surface area contributed by atoms with Crippen molar-refractivity contribution in [1.82, 2.24) is 4.98 Å². The number of hydrogen-bond donors (Lipinski definition) is 1. The van der Waals surface area contributed by atoms with Crippen LogP contribution >= 0.6 is 11.3 Å². The van der Waals surface area contributed by atoms with Gasteiger partial charge in [-0.1, -0.05) is 17.4 Å². The molecule has 0 atom stereocenters. The van der Waals surface area contributed by atoms with Crippen LogP contribution in [0.3, 0.4) is 0 Å². The maximum Gasteiger partial charge on any atom is 0.257 e. The van der Waals surface area contributed by atoms with Crippen LogP contribution in [-0.4, -0.2) is 32.2 Å². The van der Waals surface area contributed by atoms with Crippen LogP contribution in [0.2, 0.25) is 0 Å². The molecule has 0 aliphatic rings. The van der Waals surface area contributed by atoms with Crippen LogP contribution < -0.4 is 19.5 Å². The summed E-state index contributed by atoms with van der Waals surface area (Å²) in [5.74, 6) is 1.68. The summed E-state index contributed by atoms with van der Waals surface area (Å²) in [5.41, 5.74) is 1.15. The number of methoxy groups -OCH3 is 3.